The van der Waals surface area contributed by atoms with Crippen LogP contribution in [0.4, 0.5) is 0 Å². The monoisotopic (exact) mass is 269 g/mol. The van der Waals surface area contributed by atoms with Gasteiger partial charge in [0.1, 0.15) is 0 Å². The summed E-state index contributed by atoms with van der Waals surface area (Å²) >= 11 is 0. The molecule has 19 heavy (non-hydrogen) atoms. The number of rotatable bonds is 4. The van der Waals surface area contributed by atoms with Crippen LogP contribution in [0.2, 0.25) is 0 Å². The van der Waals surface area contributed by atoms with Gasteiger partial charge in [0.25, 0.3) is 0 Å². The van der Waals surface area contributed by atoms with Gasteiger partial charge in [0.15, 0.2) is 0 Å². The van der Waals surface area contributed by atoms with Crippen LogP contribution in [0.1, 0.15) is 34.6 Å². The van der Waals surface area contributed by atoms with Crippen molar-refractivity contribution in [2.45, 2.75) is 46.7 Å². The van der Waals surface area contributed by atoms with E-state index in [9.17, 15) is 9.59 Å². The first-order valence-corrected chi connectivity index (χ1v) is 7.12. The molecule has 0 N–H and O–H groups in total. The quantitative estimate of drug-likeness (QED) is 0.758. The van der Waals surface area contributed by atoms with Gasteiger partial charge >= 0.3 is 0 Å². The third-order valence-electron chi connectivity index (χ3n) is 3.72. The summed E-state index contributed by atoms with van der Waals surface area (Å²) in [6.45, 7) is 13.1. The third-order valence-corrected chi connectivity index (χ3v) is 3.72. The molecule has 0 radical (unpaired) electrons. The van der Waals surface area contributed by atoms with Crippen LogP contribution < -0.4 is 0 Å². The first kappa shape index (κ1) is 16.0. The van der Waals surface area contributed by atoms with Crippen LogP contribution >= 0.6 is 0 Å². The van der Waals surface area contributed by atoms with E-state index >= 15 is 0 Å². The molecular weight excluding hydrogens is 242 g/mol. The minimum absolute atomic E-state index is 0.0955. The summed E-state index contributed by atoms with van der Waals surface area (Å²) in [5.41, 5.74) is 0. The summed E-state index contributed by atoms with van der Waals surface area (Å²) < 4.78 is 0. The summed E-state index contributed by atoms with van der Waals surface area (Å²) in [4.78, 5) is 29.4. The predicted octanol–water partition coefficient (Wildman–Crippen LogP) is 0.796. The number of hydrogen-bond donors (Lipinski definition) is 0. The average Bonchev–Trinajstić information content (AvgIpc) is 2.34. The molecule has 2 amide bonds. The molecule has 0 aromatic carbocycles. The lowest BCUT2D eigenvalue weighted by Gasteiger charge is -2.37. The minimum atomic E-state index is 0.0955. The van der Waals surface area contributed by atoms with Crippen LogP contribution in [-0.2, 0) is 9.59 Å². The van der Waals surface area contributed by atoms with Gasteiger partial charge in [-0.05, 0) is 27.7 Å². The Balaban J connectivity index is 2.49. The molecule has 0 spiro atoms. The van der Waals surface area contributed by atoms with Gasteiger partial charge < -0.3 is 9.80 Å². The van der Waals surface area contributed by atoms with Crippen molar-refractivity contribution in [2.75, 3.05) is 32.7 Å². The maximum Gasteiger partial charge on any atom is 0.236 e. The molecule has 0 saturated carbocycles. The van der Waals surface area contributed by atoms with E-state index in [4.69, 9.17) is 0 Å². The third kappa shape index (κ3) is 4.49. The fourth-order valence-corrected chi connectivity index (χ4v) is 2.49. The van der Waals surface area contributed by atoms with Gasteiger partial charge in [-0.25, -0.2) is 0 Å². The van der Waals surface area contributed by atoms with Crippen LogP contribution in [0.3, 0.4) is 0 Å². The molecule has 0 aliphatic carbocycles. The zero-order chi connectivity index (χ0) is 14.6. The highest BCUT2D eigenvalue weighted by Crippen LogP contribution is 2.08. The van der Waals surface area contributed by atoms with Gasteiger partial charge in [0, 0.05) is 45.2 Å². The summed E-state index contributed by atoms with van der Waals surface area (Å²) in [6, 6.07) is 0.727. The molecule has 0 bridgehead atoms. The first-order valence-electron chi connectivity index (χ1n) is 7.12. The minimum Gasteiger partial charge on any atom is -0.339 e. The molecule has 1 heterocycles. The zero-order valence-electron chi connectivity index (χ0n) is 12.8. The second-order valence-corrected chi connectivity index (χ2v) is 5.75. The molecular formula is C14H27N3O2. The van der Waals surface area contributed by atoms with Crippen molar-refractivity contribution in [3.63, 3.8) is 0 Å². The van der Waals surface area contributed by atoms with E-state index in [1.165, 1.54) is 0 Å². The Kier molecular flexibility index (Phi) is 5.79. The summed E-state index contributed by atoms with van der Waals surface area (Å²) in [6.07, 6.45) is 0. The van der Waals surface area contributed by atoms with Crippen molar-refractivity contribution in [3.05, 3.63) is 0 Å². The normalized spacial score (nSPS) is 16.6. The lowest BCUT2D eigenvalue weighted by atomic mass is 10.2. The molecule has 5 nitrogen and oxygen atoms in total. The highest BCUT2D eigenvalue weighted by Gasteiger charge is 2.25. The van der Waals surface area contributed by atoms with Crippen LogP contribution in [0.25, 0.3) is 0 Å². The SMILES string of the molecule is CC(=O)N1CCN(C(=O)CN(C(C)C)C(C)C)CC1. The Morgan fingerprint density at radius 2 is 1.37 bits per heavy atom. The van der Waals surface area contributed by atoms with Crippen molar-refractivity contribution in [2.24, 2.45) is 0 Å². The standard InChI is InChI=1S/C14H27N3O2/c1-11(2)17(12(3)4)10-14(19)16-8-6-15(7-9-16)13(5)18/h11-12H,6-10H2,1-5H3. The van der Waals surface area contributed by atoms with E-state index < -0.39 is 0 Å². The highest BCUT2D eigenvalue weighted by atomic mass is 16.2. The number of amides is 2. The van der Waals surface area contributed by atoms with Crippen molar-refractivity contribution in [3.8, 4) is 0 Å². The molecule has 1 saturated heterocycles. The van der Waals surface area contributed by atoms with Crippen molar-refractivity contribution in [1.82, 2.24) is 14.7 Å². The van der Waals surface area contributed by atoms with Gasteiger partial charge in [-0.1, -0.05) is 0 Å². The summed E-state index contributed by atoms with van der Waals surface area (Å²) in [5.74, 6) is 0.267. The topological polar surface area (TPSA) is 43.9 Å². The molecule has 0 aromatic rings. The summed E-state index contributed by atoms with van der Waals surface area (Å²) in [7, 11) is 0. The Bertz CT molecular complexity index is 313. The Hall–Kier alpha value is -1.10. The Morgan fingerprint density at radius 1 is 0.947 bits per heavy atom. The largest absolute Gasteiger partial charge is 0.339 e. The van der Waals surface area contributed by atoms with Gasteiger partial charge in [-0.2, -0.15) is 0 Å². The molecule has 1 fully saturated rings. The van der Waals surface area contributed by atoms with Crippen LogP contribution in [-0.4, -0.2) is 71.3 Å². The van der Waals surface area contributed by atoms with E-state index in [0.29, 0.717) is 44.8 Å². The fourth-order valence-electron chi connectivity index (χ4n) is 2.49. The fraction of sp³-hybridized carbons (Fsp3) is 0.857. The number of hydrogen-bond acceptors (Lipinski definition) is 3. The molecule has 0 unspecified atom stereocenters. The maximum absolute atomic E-state index is 12.3. The van der Waals surface area contributed by atoms with Crippen molar-refractivity contribution >= 4 is 11.8 Å². The zero-order valence-corrected chi connectivity index (χ0v) is 12.8. The average molecular weight is 269 g/mol. The predicted molar refractivity (Wildman–Crippen MR) is 75.8 cm³/mol. The molecule has 0 atom stereocenters. The Labute approximate surface area is 116 Å². The number of carbonyl (C=O) groups excluding carboxylic acids is 2. The lowest BCUT2D eigenvalue weighted by Crippen LogP contribution is -2.53. The highest BCUT2D eigenvalue weighted by molar-refractivity contribution is 5.79. The van der Waals surface area contributed by atoms with E-state index in [2.05, 4.69) is 32.6 Å². The van der Waals surface area contributed by atoms with E-state index in [1.54, 1.807) is 11.8 Å². The second-order valence-electron chi connectivity index (χ2n) is 5.75. The summed E-state index contributed by atoms with van der Waals surface area (Å²) in [5, 5.41) is 0. The first-order chi connectivity index (χ1) is 8.82. The number of carbonyl (C=O) groups is 2. The van der Waals surface area contributed by atoms with Gasteiger partial charge in [0.05, 0.1) is 6.54 Å². The van der Waals surface area contributed by atoms with Gasteiger partial charge in [-0.3, -0.25) is 14.5 Å². The molecule has 5 heteroatoms. The van der Waals surface area contributed by atoms with Crippen LogP contribution in [0.15, 0.2) is 0 Å². The van der Waals surface area contributed by atoms with Gasteiger partial charge in [0.2, 0.25) is 11.8 Å². The molecule has 110 valence electrons. The lowest BCUT2D eigenvalue weighted by molar-refractivity contribution is -0.139. The Morgan fingerprint density at radius 3 is 1.74 bits per heavy atom. The molecule has 0 aromatic heterocycles. The maximum atomic E-state index is 12.3. The van der Waals surface area contributed by atoms with Crippen molar-refractivity contribution in [1.29, 1.82) is 0 Å². The smallest absolute Gasteiger partial charge is 0.236 e. The molecule has 1 rings (SSSR count). The van der Waals surface area contributed by atoms with Crippen LogP contribution in [0.5, 0.6) is 0 Å². The number of piperazine rings is 1. The van der Waals surface area contributed by atoms with Crippen molar-refractivity contribution < 1.29 is 9.59 Å². The van der Waals surface area contributed by atoms with E-state index in [-0.39, 0.29) is 11.8 Å². The van der Waals surface area contributed by atoms with Crippen LogP contribution in [0, 0.1) is 0 Å². The molecule has 1 aliphatic rings. The molecule has 1 aliphatic heterocycles. The second kappa shape index (κ2) is 6.89. The van der Waals surface area contributed by atoms with Gasteiger partial charge in [-0.15, -0.1) is 0 Å². The van der Waals surface area contributed by atoms with E-state index in [1.807, 2.05) is 4.90 Å². The number of nitrogens with zero attached hydrogens (tertiary/aromatic N) is 3. The van der Waals surface area contributed by atoms with E-state index in [0.717, 1.165) is 0 Å².